The van der Waals surface area contributed by atoms with Gasteiger partial charge in [-0.25, -0.2) is 9.18 Å². The lowest BCUT2D eigenvalue weighted by molar-refractivity contribution is -0.152. The molecule has 0 saturated carbocycles. The van der Waals surface area contributed by atoms with Crippen molar-refractivity contribution in [1.29, 1.82) is 0 Å². The number of carbonyl (C=O) groups excluding carboxylic acids is 3. The molecule has 0 fully saturated rings. The smallest absolute Gasteiger partial charge is 0.416 e. The summed E-state index contributed by atoms with van der Waals surface area (Å²) in [6.45, 7) is 3.07. The highest BCUT2D eigenvalue weighted by atomic mass is 32.1. The fourth-order valence-electron chi connectivity index (χ4n) is 5.84. The number of ether oxygens (including phenoxy) is 2. The molecule has 0 bridgehead atoms. The minimum absolute atomic E-state index is 0.00368. The van der Waals surface area contributed by atoms with Gasteiger partial charge in [0, 0.05) is 27.8 Å². The Balaban J connectivity index is 1.84. The van der Waals surface area contributed by atoms with E-state index in [9.17, 15) is 31.9 Å². The third kappa shape index (κ3) is 5.61. The number of hydrogen-bond acceptors (Lipinski definition) is 8. The van der Waals surface area contributed by atoms with E-state index in [1.807, 2.05) is 0 Å². The Hall–Kier alpha value is -4.45. The molecule has 1 aliphatic carbocycles. The Bertz CT molecular complexity index is 1660. The van der Waals surface area contributed by atoms with Crippen LogP contribution in [0.5, 0.6) is 0 Å². The molecule has 0 spiro atoms. The molecular formula is C32H28F4N2O5S. The van der Waals surface area contributed by atoms with Crippen LogP contribution in [-0.4, -0.2) is 30.9 Å². The number of rotatable bonds is 7. The lowest BCUT2D eigenvalue weighted by atomic mass is 9.68. The van der Waals surface area contributed by atoms with Crippen molar-refractivity contribution in [1.82, 2.24) is 0 Å². The van der Waals surface area contributed by atoms with E-state index >= 15 is 0 Å². The Morgan fingerprint density at radius 1 is 1.02 bits per heavy atom. The first-order valence-electron chi connectivity index (χ1n) is 13.8. The molecule has 44 heavy (non-hydrogen) atoms. The van der Waals surface area contributed by atoms with Crippen LogP contribution in [0, 0.1) is 11.7 Å². The number of alkyl halides is 3. The molecule has 2 aliphatic rings. The summed E-state index contributed by atoms with van der Waals surface area (Å²) in [5, 5.41) is 1.78. The van der Waals surface area contributed by atoms with Crippen LogP contribution in [0.1, 0.15) is 48.1 Å². The number of ketones is 1. The van der Waals surface area contributed by atoms with E-state index in [0.717, 1.165) is 18.2 Å². The van der Waals surface area contributed by atoms with Crippen molar-refractivity contribution in [2.45, 2.75) is 38.3 Å². The van der Waals surface area contributed by atoms with Crippen LogP contribution in [0.2, 0.25) is 0 Å². The van der Waals surface area contributed by atoms with Gasteiger partial charge in [0.1, 0.15) is 17.6 Å². The summed E-state index contributed by atoms with van der Waals surface area (Å²) in [6.07, 6.45) is -4.73. The van der Waals surface area contributed by atoms with Crippen molar-refractivity contribution >= 4 is 34.7 Å². The van der Waals surface area contributed by atoms with E-state index in [0.29, 0.717) is 4.88 Å². The second kappa shape index (κ2) is 12.3. The normalized spacial score (nSPS) is 20.5. The van der Waals surface area contributed by atoms with Crippen LogP contribution in [0.25, 0.3) is 0 Å². The molecular weight excluding hydrogens is 600 g/mol. The lowest BCUT2D eigenvalue weighted by Gasteiger charge is -2.44. The van der Waals surface area contributed by atoms with Crippen LogP contribution in [-0.2, 0) is 30.0 Å². The standard InChI is InChI=1S/C32H28F4N2O5S/c1-3-42-30(40)25-21(23-12-7-13-44-23)16-22-26(28(25)39)24(17-8-5-10-19(33)14-17)27(31(41)43-4-2)29(37)38(22)20-11-6-9-18(15-20)32(34,35)36/h5-15,21,24-25H,3-4,16,37H2,1-2H3/t21-,24-,25-/m1/s1. The monoisotopic (exact) mass is 628 g/mol. The maximum atomic E-state index is 14.6. The molecule has 3 aromatic rings. The zero-order chi connectivity index (χ0) is 31.8. The summed E-state index contributed by atoms with van der Waals surface area (Å²) >= 11 is 1.31. The number of benzene rings is 2. The van der Waals surface area contributed by atoms with Gasteiger partial charge in [-0.05, 0) is 67.6 Å². The molecule has 0 radical (unpaired) electrons. The van der Waals surface area contributed by atoms with Gasteiger partial charge in [-0.1, -0.05) is 24.3 Å². The molecule has 7 nitrogen and oxygen atoms in total. The van der Waals surface area contributed by atoms with E-state index in [1.54, 1.807) is 31.4 Å². The van der Waals surface area contributed by atoms with Crippen molar-refractivity contribution in [3.05, 3.63) is 111 Å². The number of esters is 2. The molecule has 0 saturated heterocycles. The fourth-order valence-corrected chi connectivity index (χ4v) is 6.71. The predicted molar refractivity (Wildman–Crippen MR) is 155 cm³/mol. The molecule has 0 unspecified atom stereocenters. The summed E-state index contributed by atoms with van der Waals surface area (Å²) in [5.74, 6) is -6.74. The Labute approximate surface area is 254 Å². The maximum Gasteiger partial charge on any atom is 0.416 e. The average molecular weight is 629 g/mol. The zero-order valence-electron chi connectivity index (χ0n) is 23.7. The van der Waals surface area contributed by atoms with Crippen molar-refractivity contribution in [2.24, 2.45) is 11.7 Å². The van der Waals surface area contributed by atoms with Crippen LogP contribution in [0.4, 0.5) is 23.2 Å². The Morgan fingerprint density at radius 3 is 2.39 bits per heavy atom. The second-order valence-corrected chi connectivity index (χ2v) is 11.2. The Morgan fingerprint density at radius 2 is 1.75 bits per heavy atom. The van der Waals surface area contributed by atoms with E-state index in [-0.39, 0.29) is 53.5 Å². The number of hydrogen-bond donors (Lipinski definition) is 1. The van der Waals surface area contributed by atoms with Crippen molar-refractivity contribution < 1.29 is 41.4 Å². The van der Waals surface area contributed by atoms with Gasteiger partial charge >= 0.3 is 18.1 Å². The van der Waals surface area contributed by atoms with Gasteiger partial charge in [0.2, 0.25) is 0 Å². The number of carbonyl (C=O) groups is 3. The van der Waals surface area contributed by atoms with Crippen LogP contribution >= 0.6 is 11.3 Å². The van der Waals surface area contributed by atoms with Gasteiger partial charge in [-0.15, -0.1) is 11.3 Å². The third-order valence-corrected chi connectivity index (χ3v) is 8.60. The number of halogens is 4. The number of nitrogens with zero attached hydrogens (tertiary/aromatic N) is 1. The predicted octanol–water partition coefficient (Wildman–Crippen LogP) is 6.43. The molecule has 2 N–H and O–H groups in total. The number of nitrogens with two attached hydrogens (primary N) is 1. The molecule has 1 aliphatic heterocycles. The van der Waals surface area contributed by atoms with Gasteiger partial charge in [-0.2, -0.15) is 13.2 Å². The molecule has 0 amide bonds. The first-order valence-corrected chi connectivity index (χ1v) is 14.7. The molecule has 3 atom stereocenters. The summed E-state index contributed by atoms with van der Waals surface area (Å²) < 4.78 is 66.7. The minimum atomic E-state index is -4.70. The highest BCUT2D eigenvalue weighted by Gasteiger charge is 2.51. The van der Waals surface area contributed by atoms with Crippen molar-refractivity contribution in [2.75, 3.05) is 18.1 Å². The highest BCUT2D eigenvalue weighted by molar-refractivity contribution is 7.10. The average Bonchev–Trinajstić information content (AvgIpc) is 3.51. The lowest BCUT2D eigenvalue weighted by Crippen LogP contribution is -2.46. The van der Waals surface area contributed by atoms with Gasteiger partial charge in [0.15, 0.2) is 5.78 Å². The first kappa shape index (κ1) is 31.0. The fraction of sp³-hybridized carbons (Fsp3) is 0.281. The van der Waals surface area contributed by atoms with E-state index in [4.69, 9.17) is 15.2 Å². The van der Waals surface area contributed by atoms with Crippen molar-refractivity contribution in [3.63, 3.8) is 0 Å². The Kier molecular flexibility index (Phi) is 8.64. The number of anilines is 1. The van der Waals surface area contributed by atoms with E-state index in [1.165, 1.54) is 46.6 Å². The van der Waals surface area contributed by atoms with E-state index in [2.05, 4.69) is 0 Å². The molecule has 2 aromatic carbocycles. The number of allylic oxidation sites excluding steroid dienone is 2. The third-order valence-electron chi connectivity index (χ3n) is 7.60. The van der Waals surface area contributed by atoms with Crippen LogP contribution in [0.3, 0.4) is 0 Å². The highest BCUT2D eigenvalue weighted by Crippen LogP contribution is 2.52. The second-order valence-electron chi connectivity index (χ2n) is 10.2. The van der Waals surface area contributed by atoms with Crippen LogP contribution in [0.15, 0.2) is 88.7 Å². The first-order chi connectivity index (χ1) is 21.0. The summed E-state index contributed by atoms with van der Waals surface area (Å²) in [5.41, 5.74) is 5.66. The van der Waals surface area contributed by atoms with Crippen molar-refractivity contribution in [3.8, 4) is 0 Å². The largest absolute Gasteiger partial charge is 0.465 e. The zero-order valence-corrected chi connectivity index (χ0v) is 24.5. The summed E-state index contributed by atoms with van der Waals surface area (Å²) in [7, 11) is 0. The molecule has 12 heteroatoms. The van der Waals surface area contributed by atoms with Gasteiger partial charge < -0.3 is 15.2 Å². The topological polar surface area (TPSA) is 98.9 Å². The number of thiophene rings is 1. The SMILES string of the molecule is CCOC(=O)C1=C(N)N(c2cccc(C(F)(F)F)c2)C2=C(C(=O)[C@H](C(=O)OCC)[C@@H](c3cccs3)C2)[C@H]1c1cccc(F)c1. The van der Waals surface area contributed by atoms with Crippen LogP contribution < -0.4 is 10.6 Å². The van der Waals surface area contributed by atoms with E-state index < -0.39 is 53.0 Å². The number of Topliss-reactive ketones (excluding diaryl/α,β-unsaturated/α-hetero) is 1. The summed E-state index contributed by atoms with van der Waals surface area (Å²) in [6, 6.07) is 13.1. The minimum Gasteiger partial charge on any atom is -0.465 e. The molecule has 5 rings (SSSR count). The molecule has 230 valence electrons. The van der Waals surface area contributed by atoms with Gasteiger partial charge in [0.25, 0.3) is 0 Å². The maximum absolute atomic E-state index is 14.6. The molecule has 2 heterocycles. The molecule has 1 aromatic heterocycles. The quantitative estimate of drug-likeness (QED) is 0.183. The van der Waals surface area contributed by atoms with Gasteiger partial charge in [-0.3, -0.25) is 14.5 Å². The van der Waals surface area contributed by atoms with Gasteiger partial charge in [0.05, 0.1) is 30.3 Å². The summed E-state index contributed by atoms with van der Waals surface area (Å²) in [4.78, 5) is 43.5.